The predicted octanol–water partition coefficient (Wildman–Crippen LogP) is 3.02. The minimum Gasteiger partial charge on any atom is -0.375 e. The Morgan fingerprint density at radius 3 is 3.11 bits per heavy atom. The van der Waals surface area contributed by atoms with E-state index in [2.05, 4.69) is 28.1 Å². The molecule has 1 aromatic carbocycles. The fourth-order valence-corrected chi connectivity index (χ4v) is 2.79. The van der Waals surface area contributed by atoms with Crippen molar-refractivity contribution in [3.8, 4) is 0 Å². The van der Waals surface area contributed by atoms with Gasteiger partial charge in [-0.2, -0.15) is 0 Å². The van der Waals surface area contributed by atoms with Gasteiger partial charge in [0.05, 0.1) is 12.7 Å². The number of morpholine rings is 1. The summed E-state index contributed by atoms with van der Waals surface area (Å²) >= 11 is 3.46. The first-order valence-electron chi connectivity index (χ1n) is 6.79. The zero-order chi connectivity index (χ0) is 13.7. The molecule has 1 aliphatic rings. The van der Waals surface area contributed by atoms with E-state index in [0.717, 1.165) is 30.4 Å². The standard InChI is InChI=1S/C15H20BrNO2/c1-12-11-17(8-9-19-12)15(18)7-3-5-13-4-2-6-14(16)10-13/h2,4,6,10,12H,3,5,7-9,11H2,1H3/t12-/m1/s1. The number of aryl methyl sites for hydroxylation is 1. The van der Waals surface area contributed by atoms with Gasteiger partial charge in [-0.3, -0.25) is 4.79 Å². The van der Waals surface area contributed by atoms with Gasteiger partial charge in [-0.05, 0) is 37.5 Å². The quantitative estimate of drug-likeness (QED) is 0.851. The number of rotatable bonds is 4. The summed E-state index contributed by atoms with van der Waals surface area (Å²) in [5.41, 5.74) is 1.28. The third kappa shape index (κ3) is 4.62. The molecule has 1 fully saturated rings. The number of halogens is 1. The molecule has 0 radical (unpaired) electrons. The summed E-state index contributed by atoms with van der Waals surface area (Å²) in [6.45, 7) is 4.15. The second-order valence-corrected chi connectivity index (χ2v) is 5.92. The molecule has 4 heteroatoms. The molecule has 0 bridgehead atoms. The van der Waals surface area contributed by atoms with Crippen LogP contribution in [0, 0.1) is 0 Å². The third-order valence-corrected chi connectivity index (χ3v) is 3.83. The van der Waals surface area contributed by atoms with Crippen LogP contribution in [0.1, 0.15) is 25.3 Å². The van der Waals surface area contributed by atoms with Crippen molar-refractivity contribution in [3.05, 3.63) is 34.3 Å². The SMILES string of the molecule is C[C@@H]1CN(C(=O)CCCc2cccc(Br)c2)CCO1. The van der Waals surface area contributed by atoms with Gasteiger partial charge in [0.25, 0.3) is 0 Å². The molecule has 19 heavy (non-hydrogen) atoms. The average molecular weight is 326 g/mol. The highest BCUT2D eigenvalue weighted by Crippen LogP contribution is 2.14. The van der Waals surface area contributed by atoms with E-state index in [9.17, 15) is 4.79 Å². The molecule has 0 N–H and O–H groups in total. The number of benzene rings is 1. The molecule has 0 aromatic heterocycles. The Morgan fingerprint density at radius 1 is 1.53 bits per heavy atom. The number of carbonyl (C=O) groups is 1. The molecule has 1 aromatic rings. The molecule has 2 rings (SSSR count). The largest absolute Gasteiger partial charge is 0.375 e. The maximum absolute atomic E-state index is 12.1. The molecule has 0 unspecified atom stereocenters. The molecule has 1 heterocycles. The van der Waals surface area contributed by atoms with Gasteiger partial charge in [0.1, 0.15) is 0 Å². The van der Waals surface area contributed by atoms with Crippen LogP contribution in [0.2, 0.25) is 0 Å². The molecule has 1 aliphatic heterocycles. The normalized spacial score (nSPS) is 19.5. The van der Waals surface area contributed by atoms with E-state index < -0.39 is 0 Å². The summed E-state index contributed by atoms with van der Waals surface area (Å²) < 4.78 is 6.54. The average Bonchev–Trinajstić information content (AvgIpc) is 2.38. The second-order valence-electron chi connectivity index (χ2n) is 5.00. The van der Waals surface area contributed by atoms with Crippen LogP contribution in [0.5, 0.6) is 0 Å². The highest BCUT2D eigenvalue weighted by atomic mass is 79.9. The molecule has 1 amide bonds. The number of amides is 1. The van der Waals surface area contributed by atoms with Gasteiger partial charge in [-0.15, -0.1) is 0 Å². The Kier molecular flexibility index (Phi) is 5.40. The highest BCUT2D eigenvalue weighted by molar-refractivity contribution is 9.10. The zero-order valence-corrected chi connectivity index (χ0v) is 12.9. The molecule has 0 aliphatic carbocycles. The van der Waals surface area contributed by atoms with Crippen molar-refractivity contribution in [3.63, 3.8) is 0 Å². The summed E-state index contributed by atoms with van der Waals surface area (Å²) in [5.74, 6) is 0.255. The molecule has 0 spiro atoms. The van der Waals surface area contributed by atoms with Gasteiger partial charge < -0.3 is 9.64 Å². The fraction of sp³-hybridized carbons (Fsp3) is 0.533. The summed E-state index contributed by atoms with van der Waals surface area (Å²) in [6, 6.07) is 8.27. The van der Waals surface area contributed by atoms with Crippen LogP contribution < -0.4 is 0 Å². The Morgan fingerprint density at radius 2 is 2.37 bits per heavy atom. The van der Waals surface area contributed by atoms with Gasteiger partial charge >= 0.3 is 0 Å². The van der Waals surface area contributed by atoms with Gasteiger partial charge in [0, 0.05) is 24.0 Å². The Balaban J connectivity index is 1.74. The lowest BCUT2D eigenvalue weighted by Crippen LogP contribution is -2.44. The first-order chi connectivity index (χ1) is 9.15. The minimum atomic E-state index is 0.169. The fourth-order valence-electron chi connectivity index (χ4n) is 2.34. The minimum absolute atomic E-state index is 0.169. The topological polar surface area (TPSA) is 29.5 Å². The van der Waals surface area contributed by atoms with Crippen molar-refractivity contribution < 1.29 is 9.53 Å². The maximum atomic E-state index is 12.1. The van der Waals surface area contributed by atoms with Crippen LogP contribution >= 0.6 is 15.9 Å². The molecule has 1 atom stereocenters. The lowest BCUT2D eigenvalue weighted by atomic mass is 10.1. The first-order valence-corrected chi connectivity index (χ1v) is 7.58. The summed E-state index contributed by atoms with van der Waals surface area (Å²) in [4.78, 5) is 14.0. The molecule has 104 valence electrons. The first kappa shape index (κ1) is 14.5. The van der Waals surface area contributed by atoms with E-state index in [0.29, 0.717) is 13.0 Å². The van der Waals surface area contributed by atoms with Crippen molar-refractivity contribution in [1.82, 2.24) is 4.90 Å². The van der Waals surface area contributed by atoms with Gasteiger partial charge in [-0.1, -0.05) is 28.1 Å². The lowest BCUT2D eigenvalue weighted by Gasteiger charge is -2.31. The van der Waals surface area contributed by atoms with Crippen molar-refractivity contribution in [2.24, 2.45) is 0 Å². The number of ether oxygens (including phenoxy) is 1. The van der Waals surface area contributed by atoms with Crippen LogP contribution in [0.15, 0.2) is 28.7 Å². The smallest absolute Gasteiger partial charge is 0.222 e. The Labute approximate surface area is 123 Å². The molecule has 3 nitrogen and oxygen atoms in total. The van der Waals surface area contributed by atoms with E-state index in [1.54, 1.807) is 0 Å². The van der Waals surface area contributed by atoms with Crippen molar-refractivity contribution in [2.75, 3.05) is 19.7 Å². The van der Waals surface area contributed by atoms with Crippen LogP contribution in [0.4, 0.5) is 0 Å². The molecule has 0 saturated carbocycles. The highest BCUT2D eigenvalue weighted by Gasteiger charge is 2.20. The molecular weight excluding hydrogens is 306 g/mol. The zero-order valence-electron chi connectivity index (χ0n) is 11.3. The maximum Gasteiger partial charge on any atom is 0.222 e. The van der Waals surface area contributed by atoms with E-state index in [1.807, 2.05) is 24.0 Å². The Bertz CT molecular complexity index is 436. The predicted molar refractivity (Wildman–Crippen MR) is 79.1 cm³/mol. The van der Waals surface area contributed by atoms with Crippen molar-refractivity contribution >= 4 is 21.8 Å². The summed E-state index contributed by atoms with van der Waals surface area (Å²) in [5, 5.41) is 0. The van der Waals surface area contributed by atoms with Gasteiger partial charge in [-0.25, -0.2) is 0 Å². The van der Waals surface area contributed by atoms with Crippen LogP contribution in [0.3, 0.4) is 0 Å². The number of carbonyl (C=O) groups excluding carboxylic acids is 1. The van der Waals surface area contributed by atoms with Gasteiger partial charge in [0.15, 0.2) is 0 Å². The van der Waals surface area contributed by atoms with Crippen LogP contribution in [-0.2, 0) is 16.0 Å². The van der Waals surface area contributed by atoms with Crippen molar-refractivity contribution in [1.29, 1.82) is 0 Å². The van der Waals surface area contributed by atoms with Gasteiger partial charge in [0.2, 0.25) is 5.91 Å². The van der Waals surface area contributed by atoms with Crippen molar-refractivity contribution in [2.45, 2.75) is 32.3 Å². The third-order valence-electron chi connectivity index (χ3n) is 3.34. The number of hydrogen-bond donors (Lipinski definition) is 0. The van der Waals surface area contributed by atoms with E-state index >= 15 is 0 Å². The van der Waals surface area contributed by atoms with E-state index in [1.165, 1.54) is 5.56 Å². The lowest BCUT2D eigenvalue weighted by molar-refractivity contribution is -0.138. The summed E-state index contributed by atoms with van der Waals surface area (Å²) in [7, 11) is 0. The Hall–Kier alpha value is -0.870. The van der Waals surface area contributed by atoms with E-state index in [-0.39, 0.29) is 12.0 Å². The number of nitrogens with zero attached hydrogens (tertiary/aromatic N) is 1. The van der Waals surface area contributed by atoms with Crippen LogP contribution in [0.25, 0.3) is 0 Å². The molecule has 1 saturated heterocycles. The number of hydrogen-bond acceptors (Lipinski definition) is 2. The summed E-state index contributed by atoms with van der Waals surface area (Å²) in [6.07, 6.45) is 2.65. The van der Waals surface area contributed by atoms with E-state index in [4.69, 9.17) is 4.74 Å². The second kappa shape index (κ2) is 7.06. The molecular formula is C15H20BrNO2. The monoisotopic (exact) mass is 325 g/mol. The van der Waals surface area contributed by atoms with Crippen LogP contribution in [-0.4, -0.2) is 36.6 Å².